The molecule has 0 unspecified atom stereocenters. The van der Waals surface area contributed by atoms with Crippen molar-refractivity contribution >= 4 is 22.5 Å². The van der Waals surface area contributed by atoms with Crippen LogP contribution in [0.5, 0.6) is 11.5 Å². The first kappa shape index (κ1) is 16.8. The summed E-state index contributed by atoms with van der Waals surface area (Å²) in [5.74, 6) is -1.12. The summed E-state index contributed by atoms with van der Waals surface area (Å²) in [6.45, 7) is 5.60. The Kier molecular flexibility index (Phi) is 4.59. The highest BCUT2D eigenvalue weighted by atomic mass is 16.5. The van der Waals surface area contributed by atoms with Gasteiger partial charge in [-0.3, -0.25) is 9.59 Å². The van der Waals surface area contributed by atoms with Crippen LogP contribution in [0.1, 0.15) is 47.7 Å². The van der Waals surface area contributed by atoms with Gasteiger partial charge in [0.1, 0.15) is 17.9 Å². The molecular weight excluding hydrogens is 296 g/mol. The molecule has 0 aliphatic rings. The van der Waals surface area contributed by atoms with Crippen molar-refractivity contribution in [1.82, 2.24) is 0 Å². The molecule has 0 fully saturated rings. The van der Waals surface area contributed by atoms with Gasteiger partial charge in [0.15, 0.2) is 5.78 Å². The lowest BCUT2D eigenvalue weighted by Gasteiger charge is -2.19. The molecule has 2 aromatic carbocycles. The number of aromatic hydroxyl groups is 2. The van der Waals surface area contributed by atoms with Crippen LogP contribution < -0.4 is 0 Å². The van der Waals surface area contributed by atoms with Crippen LogP contribution in [0.15, 0.2) is 18.2 Å². The van der Waals surface area contributed by atoms with Crippen LogP contribution in [-0.4, -0.2) is 29.1 Å². The van der Waals surface area contributed by atoms with E-state index in [0.29, 0.717) is 27.5 Å². The number of hydrogen-bond acceptors (Lipinski definition) is 5. The summed E-state index contributed by atoms with van der Waals surface area (Å²) in [6, 6.07) is 4.52. The highest BCUT2D eigenvalue weighted by Gasteiger charge is 2.23. The van der Waals surface area contributed by atoms with Crippen LogP contribution in [0.25, 0.3) is 10.8 Å². The van der Waals surface area contributed by atoms with E-state index in [1.165, 1.54) is 13.2 Å². The molecule has 0 aliphatic carbocycles. The number of hydrogen-bond donors (Lipinski definition) is 2. The van der Waals surface area contributed by atoms with Gasteiger partial charge in [0, 0.05) is 17.0 Å². The molecule has 0 amide bonds. The summed E-state index contributed by atoms with van der Waals surface area (Å²) < 4.78 is 4.57. The predicted molar refractivity (Wildman–Crippen MR) is 87.1 cm³/mol. The van der Waals surface area contributed by atoms with Crippen molar-refractivity contribution in [2.24, 2.45) is 0 Å². The zero-order valence-electron chi connectivity index (χ0n) is 13.6. The van der Waals surface area contributed by atoms with Gasteiger partial charge in [-0.15, -0.1) is 0 Å². The maximum atomic E-state index is 12.6. The van der Waals surface area contributed by atoms with Gasteiger partial charge in [-0.05, 0) is 35.4 Å². The Hall–Kier alpha value is -2.56. The number of Topliss-reactive ketones (excluding diaryl/α,β-unsaturated/α-hetero) is 1. The van der Waals surface area contributed by atoms with Crippen LogP contribution >= 0.6 is 0 Å². The molecule has 0 spiro atoms. The molecule has 0 saturated heterocycles. The Morgan fingerprint density at radius 1 is 1.17 bits per heavy atom. The standard InChI is InChI=1S/C18H20O5/c1-9(2)16-17(14(21)8-15(22)23-4)10(3)5-11-6-12(19)7-13(20)18(11)16/h5-7,9,19-20H,8H2,1-4H3. The van der Waals surface area contributed by atoms with Crippen LogP contribution in [-0.2, 0) is 9.53 Å². The molecule has 0 saturated carbocycles. The third-order valence-electron chi connectivity index (χ3n) is 3.83. The molecule has 2 rings (SSSR count). The number of esters is 1. The van der Waals surface area contributed by atoms with Crippen molar-refractivity contribution in [1.29, 1.82) is 0 Å². The number of methoxy groups -OCH3 is 1. The average molecular weight is 316 g/mol. The van der Waals surface area contributed by atoms with E-state index < -0.39 is 5.97 Å². The molecule has 0 aromatic heterocycles. The maximum absolute atomic E-state index is 12.6. The lowest BCUT2D eigenvalue weighted by Crippen LogP contribution is -2.14. The van der Waals surface area contributed by atoms with E-state index in [2.05, 4.69) is 4.74 Å². The van der Waals surface area contributed by atoms with Crippen molar-refractivity contribution < 1.29 is 24.5 Å². The number of ketones is 1. The molecule has 0 heterocycles. The van der Waals surface area contributed by atoms with E-state index in [1.54, 1.807) is 19.1 Å². The Balaban J connectivity index is 2.79. The van der Waals surface area contributed by atoms with Gasteiger partial charge in [0.05, 0.1) is 7.11 Å². The van der Waals surface area contributed by atoms with Crippen LogP contribution in [0.4, 0.5) is 0 Å². The quantitative estimate of drug-likeness (QED) is 0.513. The second kappa shape index (κ2) is 6.28. The molecule has 2 aromatic rings. The van der Waals surface area contributed by atoms with Gasteiger partial charge < -0.3 is 14.9 Å². The molecule has 2 N–H and O–H groups in total. The van der Waals surface area contributed by atoms with Gasteiger partial charge in [-0.2, -0.15) is 0 Å². The zero-order chi connectivity index (χ0) is 17.3. The minimum Gasteiger partial charge on any atom is -0.508 e. The van der Waals surface area contributed by atoms with Crippen LogP contribution in [0.2, 0.25) is 0 Å². The Labute approximate surface area is 134 Å². The lowest BCUT2D eigenvalue weighted by atomic mass is 9.85. The van der Waals surface area contributed by atoms with E-state index in [1.807, 2.05) is 13.8 Å². The fraction of sp³-hybridized carbons (Fsp3) is 0.333. The van der Waals surface area contributed by atoms with Crippen LogP contribution in [0, 0.1) is 6.92 Å². The molecule has 122 valence electrons. The van der Waals surface area contributed by atoms with Gasteiger partial charge in [0.2, 0.25) is 0 Å². The smallest absolute Gasteiger partial charge is 0.313 e. The predicted octanol–water partition coefficient (Wildman–Crippen LogP) is 3.43. The number of rotatable bonds is 4. The fourth-order valence-corrected chi connectivity index (χ4v) is 2.92. The van der Waals surface area contributed by atoms with E-state index in [9.17, 15) is 19.8 Å². The summed E-state index contributed by atoms with van der Waals surface area (Å²) in [7, 11) is 1.24. The molecule has 0 bridgehead atoms. The van der Waals surface area contributed by atoms with Crippen molar-refractivity contribution in [3.8, 4) is 11.5 Å². The first-order chi connectivity index (χ1) is 10.8. The second-order valence-electron chi connectivity index (χ2n) is 5.88. The van der Waals surface area contributed by atoms with E-state index >= 15 is 0 Å². The zero-order valence-corrected chi connectivity index (χ0v) is 13.6. The monoisotopic (exact) mass is 316 g/mol. The number of phenolic OH excluding ortho intramolecular Hbond substituents is 2. The first-order valence-corrected chi connectivity index (χ1v) is 7.35. The number of ether oxygens (including phenoxy) is 1. The van der Waals surface area contributed by atoms with Crippen molar-refractivity contribution in [3.63, 3.8) is 0 Å². The summed E-state index contributed by atoms with van der Waals surface area (Å²) in [4.78, 5) is 24.0. The van der Waals surface area contributed by atoms with Crippen LogP contribution in [0.3, 0.4) is 0 Å². The summed E-state index contributed by atoms with van der Waals surface area (Å²) in [5.41, 5.74) is 1.80. The van der Waals surface area contributed by atoms with Crippen molar-refractivity contribution in [2.45, 2.75) is 33.1 Å². The minimum absolute atomic E-state index is 0.0438. The van der Waals surface area contributed by atoms with E-state index in [-0.39, 0.29) is 29.6 Å². The summed E-state index contributed by atoms with van der Waals surface area (Å²) in [5, 5.41) is 21.1. The lowest BCUT2D eigenvalue weighted by molar-refractivity contribution is -0.139. The SMILES string of the molecule is COC(=O)CC(=O)c1c(C)cc2cc(O)cc(O)c2c1C(C)C. The molecule has 5 heteroatoms. The highest BCUT2D eigenvalue weighted by molar-refractivity contribution is 6.11. The first-order valence-electron chi connectivity index (χ1n) is 7.35. The summed E-state index contributed by atoms with van der Waals surface area (Å²) in [6.07, 6.45) is -0.346. The number of benzene rings is 2. The van der Waals surface area contributed by atoms with E-state index in [4.69, 9.17) is 0 Å². The molecular formula is C18H20O5. The van der Waals surface area contributed by atoms with Gasteiger partial charge in [0.25, 0.3) is 0 Å². The normalized spacial score (nSPS) is 11.0. The molecule has 23 heavy (non-hydrogen) atoms. The third kappa shape index (κ3) is 3.13. The Morgan fingerprint density at radius 2 is 1.83 bits per heavy atom. The third-order valence-corrected chi connectivity index (χ3v) is 3.83. The maximum Gasteiger partial charge on any atom is 0.313 e. The van der Waals surface area contributed by atoms with Gasteiger partial charge in [-0.1, -0.05) is 19.9 Å². The minimum atomic E-state index is -0.598. The largest absolute Gasteiger partial charge is 0.508 e. The number of phenols is 2. The van der Waals surface area contributed by atoms with Gasteiger partial charge in [-0.25, -0.2) is 0 Å². The topological polar surface area (TPSA) is 83.8 Å². The Bertz CT molecular complexity index is 790. The Morgan fingerprint density at radius 3 is 2.39 bits per heavy atom. The average Bonchev–Trinajstić information content (AvgIpc) is 2.44. The molecule has 5 nitrogen and oxygen atoms in total. The molecule has 0 atom stereocenters. The second-order valence-corrected chi connectivity index (χ2v) is 5.88. The highest BCUT2D eigenvalue weighted by Crippen LogP contribution is 2.39. The number of carbonyl (C=O) groups excluding carboxylic acids is 2. The number of aryl methyl sites for hydroxylation is 1. The number of carbonyl (C=O) groups is 2. The molecule has 0 aliphatic heterocycles. The van der Waals surface area contributed by atoms with Crippen molar-refractivity contribution in [3.05, 3.63) is 34.9 Å². The number of fused-ring (bicyclic) bond motifs is 1. The van der Waals surface area contributed by atoms with Crippen molar-refractivity contribution in [2.75, 3.05) is 7.11 Å². The van der Waals surface area contributed by atoms with Gasteiger partial charge >= 0.3 is 5.97 Å². The summed E-state index contributed by atoms with van der Waals surface area (Å²) >= 11 is 0. The van der Waals surface area contributed by atoms with E-state index in [0.717, 1.165) is 0 Å². The fourth-order valence-electron chi connectivity index (χ4n) is 2.92. The molecule has 0 radical (unpaired) electrons.